The van der Waals surface area contributed by atoms with Gasteiger partial charge in [0.15, 0.2) is 0 Å². The van der Waals surface area contributed by atoms with Gasteiger partial charge in [-0.1, -0.05) is 18.2 Å². The van der Waals surface area contributed by atoms with E-state index in [2.05, 4.69) is 10.0 Å². The summed E-state index contributed by atoms with van der Waals surface area (Å²) in [5, 5.41) is 2.65. The molecule has 30 heavy (non-hydrogen) atoms. The summed E-state index contributed by atoms with van der Waals surface area (Å²) in [7, 11) is -3.75. The average Bonchev–Trinajstić information content (AvgIpc) is 2.70. The van der Waals surface area contributed by atoms with E-state index in [9.17, 15) is 17.6 Å². The van der Waals surface area contributed by atoms with Crippen LogP contribution in [0.2, 0.25) is 0 Å². The maximum absolute atomic E-state index is 12.9. The highest BCUT2D eigenvalue weighted by Gasteiger charge is 2.14. The summed E-state index contributed by atoms with van der Waals surface area (Å²) in [5.74, 6) is -0.734. The Morgan fingerprint density at radius 3 is 2.13 bits per heavy atom. The van der Waals surface area contributed by atoms with Crippen molar-refractivity contribution >= 4 is 33.4 Å². The van der Waals surface area contributed by atoms with E-state index in [4.69, 9.17) is 0 Å². The van der Waals surface area contributed by atoms with Gasteiger partial charge in [-0.2, -0.15) is 0 Å². The number of sulfonamides is 1. The van der Waals surface area contributed by atoms with E-state index in [-0.39, 0.29) is 16.6 Å². The van der Waals surface area contributed by atoms with E-state index in [0.717, 1.165) is 11.1 Å². The van der Waals surface area contributed by atoms with Crippen molar-refractivity contribution in [1.82, 2.24) is 0 Å². The molecule has 0 aliphatic rings. The van der Waals surface area contributed by atoms with Gasteiger partial charge >= 0.3 is 0 Å². The fraction of sp³-hybridized carbons (Fsp3) is 0.0870. The van der Waals surface area contributed by atoms with Crippen molar-refractivity contribution in [2.24, 2.45) is 0 Å². The number of carbonyl (C=O) groups excluding carboxylic acids is 1. The maximum Gasteiger partial charge on any atom is 0.261 e. The zero-order valence-electron chi connectivity index (χ0n) is 16.5. The number of anilines is 2. The van der Waals surface area contributed by atoms with E-state index in [1.54, 1.807) is 30.3 Å². The first kappa shape index (κ1) is 21.3. The quantitative estimate of drug-likeness (QED) is 0.553. The Balaban J connectivity index is 1.65. The molecule has 0 heterocycles. The molecule has 0 aliphatic heterocycles. The minimum Gasteiger partial charge on any atom is -0.323 e. The van der Waals surface area contributed by atoms with Gasteiger partial charge in [0.05, 0.1) is 4.90 Å². The zero-order valence-corrected chi connectivity index (χ0v) is 17.3. The Bertz CT molecular complexity index is 1190. The summed E-state index contributed by atoms with van der Waals surface area (Å²) in [6.45, 7) is 3.87. The van der Waals surface area contributed by atoms with Gasteiger partial charge in [0.2, 0.25) is 5.91 Å². The minimum absolute atomic E-state index is 0.0839. The number of carbonyl (C=O) groups is 1. The number of hydrogen-bond donors (Lipinski definition) is 2. The van der Waals surface area contributed by atoms with Crippen molar-refractivity contribution in [1.29, 1.82) is 0 Å². The summed E-state index contributed by atoms with van der Waals surface area (Å²) < 4.78 is 40.6. The van der Waals surface area contributed by atoms with Crippen molar-refractivity contribution in [3.05, 3.63) is 95.3 Å². The topological polar surface area (TPSA) is 75.3 Å². The lowest BCUT2D eigenvalue weighted by atomic mass is 10.1. The van der Waals surface area contributed by atoms with Gasteiger partial charge in [-0.15, -0.1) is 0 Å². The van der Waals surface area contributed by atoms with Crippen molar-refractivity contribution in [2.75, 3.05) is 10.0 Å². The molecule has 0 saturated heterocycles. The predicted octanol–water partition coefficient (Wildman–Crippen LogP) is 4.90. The summed E-state index contributed by atoms with van der Waals surface area (Å²) in [5.41, 5.74) is 3.69. The van der Waals surface area contributed by atoms with Gasteiger partial charge in [-0.25, -0.2) is 12.8 Å². The van der Waals surface area contributed by atoms with Crippen LogP contribution in [-0.2, 0) is 14.8 Å². The summed E-state index contributed by atoms with van der Waals surface area (Å²) >= 11 is 0. The second-order valence-electron chi connectivity index (χ2n) is 6.80. The van der Waals surface area contributed by atoms with E-state index in [1.807, 2.05) is 19.9 Å². The molecule has 5 nitrogen and oxygen atoms in total. The maximum atomic E-state index is 12.9. The SMILES string of the molecule is Cc1ccc(NS(=O)(=O)c2ccc(NC(=O)C=Cc3ccc(F)cc3)cc2)cc1C. The van der Waals surface area contributed by atoms with Crippen LogP contribution in [0.5, 0.6) is 0 Å². The third kappa shape index (κ3) is 5.55. The van der Waals surface area contributed by atoms with Crippen LogP contribution < -0.4 is 10.0 Å². The molecule has 3 rings (SSSR count). The molecule has 7 heteroatoms. The predicted molar refractivity (Wildman–Crippen MR) is 117 cm³/mol. The highest BCUT2D eigenvalue weighted by molar-refractivity contribution is 7.92. The van der Waals surface area contributed by atoms with Crippen molar-refractivity contribution in [2.45, 2.75) is 18.7 Å². The molecule has 0 spiro atoms. The van der Waals surface area contributed by atoms with E-state index >= 15 is 0 Å². The first-order valence-electron chi connectivity index (χ1n) is 9.18. The third-order valence-electron chi connectivity index (χ3n) is 4.49. The number of amides is 1. The van der Waals surface area contributed by atoms with E-state index in [0.29, 0.717) is 16.9 Å². The van der Waals surface area contributed by atoms with E-state index in [1.165, 1.54) is 42.5 Å². The summed E-state index contributed by atoms with van der Waals surface area (Å²) in [6.07, 6.45) is 2.88. The number of benzene rings is 3. The van der Waals surface area contributed by atoms with Crippen LogP contribution in [-0.4, -0.2) is 14.3 Å². The Morgan fingerprint density at radius 1 is 0.867 bits per heavy atom. The second kappa shape index (κ2) is 8.92. The first-order chi connectivity index (χ1) is 14.2. The average molecular weight is 424 g/mol. The minimum atomic E-state index is -3.75. The van der Waals surface area contributed by atoms with Crippen LogP contribution in [0.4, 0.5) is 15.8 Å². The molecule has 0 aromatic heterocycles. The fourth-order valence-corrected chi connectivity index (χ4v) is 3.72. The van der Waals surface area contributed by atoms with Crippen LogP contribution in [0.3, 0.4) is 0 Å². The molecule has 0 unspecified atom stereocenters. The normalized spacial score (nSPS) is 11.4. The first-order valence-corrected chi connectivity index (χ1v) is 10.7. The molecule has 3 aromatic rings. The number of halogens is 1. The second-order valence-corrected chi connectivity index (χ2v) is 8.49. The highest BCUT2D eigenvalue weighted by Crippen LogP contribution is 2.20. The molecule has 0 atom stereocenters. The van der Waals surface area contributed by atoms with Gasteiger partial charge in [0, 0.05) is 17.5 Å². The largest absolute Gasteiger partial charge is 0.323 e. The van der Waals surface area contributed by atoms with Gasteiger partial charge < -0.3 is 5.32 Å². The van der Waals surface area contributed by atoms with Crippen LogP contribution in [0, 0.1) is 19.7 Å². The number of rotatable bonds is 6. The van der Waals surface area contributed by atoms with Crippen molar-refractivity contribution in [3.8, 4) is 0 Å². The van der Waals surface area contributed by atoms with Crippen LogP contribution in [0.1, 0.15) is 16.7 Å². The number of hydrogen-bond acceptors (Lipinski definition) is 3. The number of aryl methyl sites for hydroxylation is 2. The lowest BCUT2D eigenvalue weighted by Crippen LogP contribution is -2.13. The van der Waals surface area contributed by atoms with Gasteiger partial charge in [0.25, 0.3) is 10.0 Å². The van der Waals surface area contributed by atoms with Crippen molar-refractivity contribution in [3.63, 3.8) is 0 Å². The Labute approximate surface area is 175 Å². The lowest BCUT2D eigenvalue weighted by molar-refractivity contribution is -0.111. The smallest absolute Gasteiger partial charge is 0.261 e. The zero-order chi connectivity index (χ0) is 21.7. The standard InChI is InChI=1S/C23H21FN2O3S/c1-16-3-9-21(15-17(16)2)26-30(28,29)22-12-10-20(11-13-22)25-23(27)14-6-18-4-7-19(24)8-5-18/h3-15,26H,1-2H3,(H,25,27). The van der Waals surface area contributed by atoms with Crippen LogP contribution in [0.25, 0.3) is 6.08 Å². The Morgan fingerprint density at radius 2 is 1.50 bits per heavy atom. The number of nitrogens with one attached hydrogen (secondary N) is 2. The molecular formula is C23H21FN2O3S. The molecular weight excluding hydrogens is 403 g/mol. The third-order valence-corrected chi connectivity index (χ3v) is 5.89. The summed E-state index contributed by atoms with van der Waals surface area (Å²) in [4.78, 5) is 12.1. The molecule has 0 saturated carbocycles. The van der Waals surface area contributed by atoms with Crippen molar-refractivity contribution < 1.29 is 17.6 Å². The monoisotopic (exact) mass is 424 g/mol. The van der Waals surface area contributed by atoms with Gasteiger partial charge in [-0.05, 0) is 85.1 Å². The molecule has 2 N–H and O–H groups in total. The Kier molecular flexibility index (Phi) is 6.32. The van der Waals surface area contributed by atoms with E-state index < -0.39 is 10.0 Å². The molecule has 1 amide bonds. The van der Waals surface area contributed by atoms with Gasteiger partial charge in [-0.3, -0.25) is 9.52 Å². The van der Waals surface area contributed by atoms with Crippen LogP contribution in [0.15, 0.2) is 77.7 Å². The molecule has 154 valence electrons. The summed E-state index contributed by atoms with van der Waals surface area (Å²) in [6, 6.07) is 16.9. The molecule has 0 bridgehead atoms. The molecule has 0 radical (unpaired) electrons. The molecule has 0 fully saturated rings. The van der Waals surface area contributed by atoms with Gasteiger partial charge in [0.1, 0.15) is 5.82 Å². The fourth-order valence-electron chi connectivity index (χ4n) is 2.67. The Hall–Kier alpha value is -3.45. The molecule has 0 aliphatic carbocycles. The highest BCUT2D eigenvalue weighted by atomic mass is 32.2. The van der Waals surface area contributed by atoms with Crippen LogP contribution >= 0.6 is 0 Å². The molecule has 3 aromatic carbocycles. The lowest BCUT2D eigenvalue weighted by Gasteiger charge is -2.10.